The SMILES string of the molecule is CCCCCN(C)C(=O)c1csc(C(=O)OCC)n1. The molecule has 1 aromatic rings. The van der Waals surface area contributed by atoms with Crippen LogP contribution in [0.1, 0.15) is 53.4 Å². The summed E-state index contributed by atoms with van der Waals surface area (Å²) >= 11 is 1.14. The molecule has 0 spiro atoms. The van der Waals surface area contributed by atoms with Crippen molar-refractivity contribution in [3.05, 3.63) is 16.1 Å². The summed E-state index contributed by atoms with van der Waals surface area (Å²) in [5.41, 5.74) is 0.312. The second-order valence-electron chi connectivity index (χ2n) is 4.19. The van der Waals surface area contributed by atoms with Gasteiger partial charge in [0.1, 0.15) is 5.69 Å². The predicted octanol–water partition coefficient (Wildman–Crippen LogP) is 2.58. The molecule has 1 rings (SSSR count). The van der Waals surface area contributed by atoms with Crippen LogP contribution in [0.2, 0.25) is 0 Å². The zero-order chi connectivity index (χ0) is 14.3. The van der Waals surface area contributed by atoms with Gasteiger partial charge in [-0.1, -0.05) is 19.8 Å². The minimum absolute atomic E-state index is 0.150. The highest BCUT2D eigenvalue weighted by atomic mass is 32.1. The number of esters is 1. The zero-order valence-corrected chi connectivity index (χ0v) is 12.5. The van der Waals surface area contributed by atoms with Gasteiger partial charge in [0.15, 0.2) is 0 Å². The minimum atomic E-state index is -0.472. The second-order valence-corrected chi connectivity index (χ2v) is 5.05. The Hall–Kier alpha value is -1.43. The summed E-state index contributed by atoms with van der Waals surface area (Å²) in [4.78, 5) is 29.2. The lowest BCUT2D eigenvalue weighted by Gasteiger charge is -2.15. The maximum absolute atomic E-state index is 12.1. The van der Waals surface area contributed by atoms with Crippen LogP contribution in [0.15, 0.2) is 5.38 Å². The van der Waals surface area contributed by atoms with Crippen molar-refractivity contribution in [2.24, 2.45) is 0 Å². The fourth-order valence-electron chi connectivity index (χ4n) is 1.55. The molecule has 0 unspecified atom stereocenters. The van der Waals surface area contributed by atoms with E-state index in [1.54, 1.807) is 24.3 Å². The van der Waals surface area contributed by atoms with E-state index in [0.717, 1.165) is 30.6 Å². The molecule has 19 heavy (non-hydrogen) atoms. The lowest BCUT2D eigenvalue weighted by Crippen LogP contribution is -2.28. The van der Waals surface area contributed by atoms with Crippen molar-refractivity contribution in [1.82, 2.24) is 9.88 Å². The van der Waals surface area contributed by atoms with Gasteiger partial charge in [0.2, 0.25) is 5.01 Å². The number of aromatic nitrogens is 1. The van der Waals surface area contributed by atoms with Gasteiger partial charge in [0.05, 0.1) is 6.61 Å². The van der Waals surface area contributed by atoms with Crippen LogP contribution in [-0.2, 0) is 4.74 Å². The first-order chi connectivity index (χ1) is 9.10. The Kier molecular flexibility index (Phi) is 6.49. The summed E-state index contributed by atoms with van der Waals surface area (Å²) < 4.78 is 4.84. The standard InChI is InChI=1S/C13H20N2O3S/c1-4-6-7-8-15(3)12(16)10-9-19-11(14-10)13(17)18-5-2/h9H,4-8H2,1-3H3. The van der Waals surface area contributed by atoms with Gasteiger partial charge in [0, 0.05) is 19.0 Å². The van der Waals surface area contributed by atoms with E-state index in [-0.39, 0.29) is 10.9 Å². The normalized spacial score (nSPS) is 10.3. The van der Waals surface area contributed by atoms with E-state index in [2.05, 4.69) is 11.9 Å². The van der Waals surface area contributed by atoms with E-state index >= 15 is 0 Å². The number of carbonyl (C=O) groups excluding carboxylic acids is 2. The third-order valence-corrected chi connectivity index (χ3v) is 3.44. The van der Waals surface area contributed by atoms with E-state index in [0.29, 0.717) is 18.8 Å². The second kappa shape index (κ2) is 7.89. The molecule has 0 radical (unpaired) electrons. The average molecular weight is 284 g/mol. The van der Waals surface area contributed by atoms with Crippen LogP contribution in [0.4, 0.5) is 0 Å². The van der Waals surface area contributed by atoms with E-state index in [1.165, 1.54) is 0 Å². The largest absolute Gasteiger partial charge is 0.461 e. The van der Waals surface area contributed by atoms with Gasteiger partial charge in [-0.3, -0.25) is 4.79 Å². The summed E-state index contributed by atoms with van der Waals surface area (Å²) in [6, 6.07) is 0. The van der Waals surface area contributed by atoms with Gasteiger partial charge in [-0.2, -0.15) is 0 Å². The molecule has 0 saturated carbocycles. The highest BCUT2D eigenvalue weighted by molar-refractivity contribution is 7.11. The molecule has 1 amide bonds. The Morgan fingerprint density at radius 3 is 2.74 bits per heavy atom. The van der Waals surface area contributed by atoms with Crippen molar-refractivity contribution in [3.8, 4) is 0 Å². The van der Waals surface area contributed by atoms with Crippen LogP contribution in [-0.4, -0.2) is 42.0 Å². The summed E-state index contributed by atoms with van der Waals surface area (Å²) in [7, 11) is 1.75. The first-order valence-corrected chi connectivity index (χ1v) is 7.36. The molecule has 6 heteroatoms. The predicted molar refractivity (Wildman–Crippen MR) is 74.6 cm³/mol. The molecule has 0 saturated heterocycles. The Labute approximate surface area is 117 Å². The van der Waals surface area contributed by atoms with Crippen LogP contribution in [0.25, 0.3) is 0 Å². The fourth-order valence-corrected chi connectivity index (χ4v) is 2.24. The number of nitrogens with zero attached hydrogens (tertiary/aromatic N) is 2. The fraction of sp³-hybridized carbons (Fsp3) is 0.615. The number of rotatable bonds is 7. The summed E-state index contributed by atoms with van der Waals surface area (Å²) in [5, 5.41) is 1.83. The number of thiazole rings is 1. The lowest BCUT2D eigenvalue weighted by atomic mass is 10.2. The third-order valence-electron chi connectivity index (χ3n) is 2.62. The Bertz CT molecular complexity index is 431. The Morgan fingerprint density at radius 2 is 2.11 bits per heavy atom. The molecule has 0 bridgehead atoms. The van der Waals surface area contributed by atoms with Crippen LogP contribution < -0.4 is 0 Å². The molecule has 0 aromatic carbocycles. The zero-order valence-electron chi connectivity index (χ0n) is 11.6. The highest BCUT2D eigenvalue weighted by Gasteiger charge is 2.18. The number of carbonyl (C=O) groups is 2. The van der Waals surface area contributed by atoms with Crippen molar-refractivity contribution in [1.29, 1.82) is 0 Å². The minimum Gasteiger partial charge on any atom is -0.461 e. The molecule has 1 aromatic heterocycles. The molecule has 5 nitrogen and oxygen atoms in total. The lowest BCUT2D eigenvalue weighted by molar-refractivity contribution is 0.0526. The van der Waals surface area contributed by atoms with Crippen LogP contribution in [0.3, 0.4) is 0 Å². The first-order valence-electron chi connectivity index (χ1n) is 6.48. The van der Waals surface area contributed by atoms with Gasteiger partial charge in [-0.25, -0.2) is 9.78 Å². The van der Waals surface area contributed by atoms with Gasteiger partial charge in [0.25, 0.3) is 5.91 Å². The summed E-state index contributed by atoms with van der Waals surface area (Å²) in [5.74, 6) is -0.622. The number of unbranched alkanes of at least 4 members (excludes halogenated alkanes) is 2. The quantitative estimate of drug-likeness (QED) is 0.570. The van der Waals surface area contributed by atoms with E-state index < -0.39 is 5.97 Å². The number of hydrogen-bond donors (Lipinski definition) is 0. The Balaban J connectivity index is 2.60. The number of amides is 1. The van der Waals surface area contributed by atoms with Gasteiger partial charge < -0.3 is 9.64 Å². The number of hydrogen-bond acceptors (Lipinski definition) is 5. The maximum Gasteiger partial charge on any atom is 0.367 e. The number of ether oxygens (including phenoxy) is 1. The molecule has 0 aliphatic heterocycles. The Morgan fingerprint density at radius 1 is 1.37 bits per heavy atom. The van der Waals surface area contributed by atoms with Crippen LogP contribution >= 0.6 is 11.3 Å². The molecule has 0 atom stereocenters. The van der Waals surface area contributed by atoms with Gasteiger partial charge >= 0.3 is 5.97 Å². The monoisotopic (exact) mass is 284 g/mol. The van der Waals surface area contributed by atoms with Crippen molar-refractivity contribution in [3.63, 3.8) is 0 Å². The molecule has 106 valence electrons. The van der Waals surface area contributed by atoms with Crippen molar-refractivity contribution in [2.45, 2.75) is 33.1 Å². The summed E-state index contributed by atoms with van der Waals surface area (Å²) in [6.45, 7) is 4.87. The summed E-state index contributed by atoms with van der Waals surface area (Å²) in [6.07, 6.45) is 3.20. The average Bonchev–Trinajstić information content (AvgIpc) is 2.88. The van der Waals surface area contributed by atoms with Crippen molar-refractivity contribution < 1.29 is 14.3 Å². The van der Waals surface area contributed by atoms with E-state index in [9.17, 15) is 9.59 Å². The van der Waals surface area contributed by atoms with Crippen LogP contribution in [0.5, 0.6) is 0 Å². The van der Waals surface area contributed by atoms with E-state index in [1.807, 2.05) is 0 Å². The maximum atomic E-state index is 12.1. The molecule has 0 N–H and O–H groups in total. The van der Waals surface area contributed by atoms with Gasteiger partial charge in [-0.15, -0.1) is 11.3 Å². The highest BCUT2D eigenvalue weighted by Crippen LogP contribution is 2.13. The molecular weight excluding hydrogens is 264 g/mol. The molecule has 1 heterocycles. The van der Waals surface area contributed by atoms with Crippen LogP contribution in [0, 0.1) is 0 Å². The topological polar surface area (TPSA) is 59.5 Å². The molecular formula is C13H20N2O3S. The third kappa shape index (κ3) is 4.63. The van der Waals surface area contributed by atoms with Crippen molar-refractivity contribution in [2.75, 3.05) is 20.2 Å². The van der Waals surface area contributed by atoms with E-state index in [4.69, 9.17) is 4.74 Å². The van der Waals surface area contributed by atoms with Gasteiger partial charge in [-0.05, 0) is 13.3 Å². The molecule has 0 aliphatic carbocycles. The molecule has 0 fully saturated rings. The smallest absolute Gasteiger partial charge is 0.367 e. The van der Waals surface area contributed by atoms with Crippen molar-refractivity contribution >= 4 is 23.2 Å². The first kappa shape index (κ1) is 15.6. The molecule has 0 aliphatic rings.